The van der Waals surface area contributed by atoms with Gasteiger partial charge in [-0.1, -0.05) is 30.4 Å². The molecule has 1 aliphatic carbocycles. The molecule has 1 fully saturated rings. The average Bonchev–Trinajstić information content (AvgIpc) is 3.22. The Hall–Kier alpha value is -2.37. The minimum atomic E-state index is -0.00415. The van der Waals surface area contributed by atoms with Crippen molar-refractivity contribution in [3.05, 3.63) is 75.6 Å². The molecule has 5 heteroatoms. The van der Waals surface area contributed by atoms with Crippen molar-refractivity contribution in [2.45, 2.75) is 19.9 Å². The number of anilines is 1. The van der Waals surface area contributed by atoms with Gasteiger partial charge in [0.1, 0.15) is 0 Å². The van der Waals surface area contributed by atoms with Crippen LogP contribution in [0.4, 0.5) is 5.69 Å². The molecule has 1 amide bonds. The van der Waals surface area contributed by atoms with Crippen LogP contribution in [0.1, 0.15) is 20.8 Å². The molecule has 2 atom stereocenters. The standard InChI is InChI=1S/C20H21N3OS/c1-13-6-3-4-8-17(13)23-18-9-5-7-16(15(18)12-21-23)22-20(24)19-14(2)10-11-25-19/h3-11,15-16,21H,12H2,1-2H3,(H,22,24)/t15?,16-/m1/s1. The molecule has 1 unspecified atom stereocenters. The molecule has 1 saturated heterocycles. The molecule has 128 valence electrons. The van der Waals surface area contributed by atoms with E-state index in [2.05, 4.69) is 53.0 Å². The quantitative estimate of drug-likeness (QED) is 0.889. The van der Waals surface area contributed by atoms with Gasteiger partial charge in [0, 0.05) is 18.2 Å². The van der Waals surface area contributed by atoms with Crippen molar-refractivity contribution in [2.75, 3.05) is 11.6 Å². The van der Waals surface area contributed by atoms with Crippen LogP contribution >= 0.6 is 11.3 Å². The number of benzene rings is 1. The number of carbonyl (C=O) groups excluding carboxylic acids is 1. The van der Waals surface area contributed by atoms with Crippen LogP contribution in [0, 0.1) is 19.8 Å². The van der Waals surface area contributed by atoms with E-state index in [0.717, 1.165) is 22.7 Å². The number of amides is 1. The zero-order valence-corrected chi connectivity index (χ0v) is 15.1. The van der Waals surface area contributed by atoms with E-state index in [-0.39, 0.29) is 17.9 Å². The second-order valence-corrected chi connectivity index (χ2v) is 7.42. The number of allylic oxidation sites excluding steroid dienone is 2. The zero-order valence-electron chi connectivity index (χ0n) is 14.3. The van der Waals surface area contributed by atoms with E-state index >= 15 is 0 Å². The molecule has 1 aromatic heterocycles. The Morgan fingerprint density at radius 1 is 1.24 bits per heavy atom. The summed E-state index contributed by atoms with van der Waals surface area (Å²) in [5.41, 5.74) is 8.09. The SMILES string of the molecule is Cc1ccccc1N1NCC2C1=CC=C[C@H]2NC(=O)c1sccc1C. The maximum atomic E-state index is 12.6. The van der Waals surface area contributed by atoms with Gasteiger partial charge in [0.2, 0.25) is 0 Å². The molecule has 4 nitrogen and oxygen atoms in total. The molecule has 1 aliphatic heterocycles. The summed E-state index contributed by atoms with van der Waals surface area (Å²) in [4.78, 5) is 13.4. The third-order valence-corrected chi connectivity index (χ3v) is 5.86. The van der Waals surface area contributed by atoms with E-state index in [1.807, 2.05) is 30.5 Å². The van der Waals surface area contributed by atoms with Crippen molar-refractivity contribution < 1.29 is 4.79 Å². The average molecular weight is 351 g/mol. The third-order valence-electron chi connectivity index (χ3n) is 4.85. The number of carbonyl (C=O) groups is 1. The number of para-hydroxylation sites is 1. The normalized spacial score (nSPS) is 21.8. The highest BCUT2D eigenvalue weighted by Crippen LogP contribution is 2.33. The number of aryl methyl sites for hydroxylation is 2. The number of nitrogens with zero attached hydrogens (tertiary/aromatic N) is 1. The Balaban J connectivity index is 1.55. The molecule has 25 heavy (non-hydrogen) atoms. The highest BCUT2D eigenvalue weighted by Gasteiger charge is 2.36. The largest absolute Gasteiger partial charge is 0.344 e. The predicted molar refractivity (Wildman–Crippen MR) is 103 cm³/mol. The fraction of sp³-hybridized carbons (Fsp3) is 0.250. The van der Waals surface area contributed by atoms with Gasteiger partial charge in [-0.05, 0) is 48.6 Å². The molecule has 1 aromatic carbocycles. The summed E-state index contributed by atoms with van der Waals surface area (Å²) in [7, 11) is 0. The minimum absolute atomic E-state index is 0.00415. The first-order valence-electron chi connectivity index (χ1n) is 8.48. The highest BCUT2D eigenvalue weighted by molar-refractivity contribution is 7.12. The lowest BCUT2D eigenvalue weighted by Crippen LogP contribution is -2.41. The summed E-state index contributed by atoms with van der Waals surface area (Å²) in [6, 6.07) is 10.3. The van der Waals surface area contributed by atoms with Crippen LogP contribution in [0.15, 0.2) is 59.6 Å². The fourth-order valence-corrected chi connectivity index (χ4v) is 4.31. The molecule has 0 spiro atoms. The van der Waals surface area contributed by atoms with Crippen molar-refractivity contribution in [2.24, 2.45) is 5.92 Å². The van der Waals surface area contributed by atoms with Crippen LogP contribution in [0.3, 0.4) is 0 Å². The number of nitrogens with one attached hydrogen (secondary N) is 2. The Morgan fingerprint density at radius 3 is 2.84 bits per heavy atom. The van der Waals surface area contributed by atoms with Gasteiger partial charge in [-0.2, -0.15) is 0 Å². The van der Waals surface area contributed by atoms with Crippen molar-refractivity contribution in [1.29, 1.82) is 0 Å². The second kappa shape index (κ2) is 6.50. The number of hydrogen-bond donors (Lipinski definition) is 2. The Morgan fingerprint density at radius 2 is 2.08 bits per heavy atom. The lowest BCUT2D eigenvalue weighted by molar-refractivity contribution is 0.0941. The molecular formula is C20H21N3OS. The van der Waals surface area contributed by atoms with Gasteiger partial charge in [0.15, 0.2) is 0 Å². The van der Waals surface area contributed by atoms with E-state index in [1.165, 1.54) is 22.6 Å². The van der Waals surface area contributed by atoms with Crippen LogP contribution < -0.4 is 15.8 Å². The number of hydrazine groups is 1. The van der Waals surface area contributed by atoms with Crippen molar-refractivity contribution in [1.82, 2.24) is 10.7 Å². The number of rotatable bonds is 3. The zero-order chi connectivity index (χ0) is 17.4. The molecule has 2 heterocycles. The summed E-state index contributed by atoms with van der Waals surface area (Å²) in [5, 5.41) is 7.31. The van der Waals surface area contributed by atoms with Gasteiger partial charge in [-0.25, -0.2) is 5.43 Å². The van der Waals surface area contributed by atoms with Crippen LogP contribution in [0.5, 0.6) is 0 Å². The molecule has 0 bridgehead atoms. The van der Waals surface area contributed by atoms with E-state index < -0.39 is 0 Å². The molecule has 0 saturated carbocycles. The Kier molecular flexibility index (Phi) is 4.19. The predicted octanol–water partition coefficient (Wildman–Crippen LogP) is 3.56. The number of fused-ring (bicyclic) bond motifs is 1. The van der Waals surface area contributed by atoms with Crippen LogP contribution in [-0.4, -0.2) is 18.5 Å². The lowest BCUT2D eigenvalue weighted by atomic mass is 9.92. The topological polar surface area (TPSA) is 44.4 Å². The molecule has 2 N–H and O–H groups in total. The van der Waals surface area contributed by atoms with Gasteiger partial charge in [0.05, 0.1) is 16.6 Å². The molecule has 2 aliphatic rings. The Bertz CT molecular complexity index is 867. The van der Waals surface area contributed by atoms with E-state index in [4.69, 9.17) is 0 Å². The first-order chi connectivity index (χ1) is 12.1. The maximum Gasteiger partial charge on any atom is 0.262 e. The summed E-state index contributed by atoms with van der Waals surface area (Å²) >= 11 is 1.49. The third kappa shape index (κ3) is 2.90. The van der Waals surface area contributed by atoms with Gasteiger partial charge in [0.25, 0.3) is 5.91 Å². The minimum Gasteiger partial charge on any atom is -0.344 e. The van der Waals surface area contributed by atoms with Gasteiger partial charge in [-0.3, -0.25) is 9.80 Å². The van der Waals surface area contributed by atoms with Crippen molar-refractivity contribution in [3.63, 3.8) is 0 Å². The second-order valence-electron chi connectivity index (χ2n) is 6.50. The van der Waals surface area contributed by atoms with Crippen molar-refractivity contribution in [3.8, 4) is 0 Å². The highest BCUT2D eigenvalue weighted by atomic mass is 32.1. The first-order valence-corrected chi connectivity index (χ1v) is 9.35. The molecular weight excluding hydrogens is 330 g/mol. The smallest absolute Gasteiger partial charge is 0.262 e. The first kappa shape index (κ1) is 16.1. The number of thiophene rings is 1. The van der Waals surface area contributed by atoms with Crippen LogP contribution in [0.2, 0.25) is 0 Å². The monoisotopic (exact) mass is 351 g/mol. The number of hydrogen-bond acceptors (Lipinski definition) is 4. The van der Waals surface area contributed by atoms with Gasteiger partial charge < -0.3 is 5.32 Å². The fourth-order valence-electron chi connectivity index (χ4n) is 3.48. The van der Waals surface area contributed by atoms with Gasteiger partial charge >= 0.3 is 0 Å². The lowest BCUT2D eigenvalue weighted by Gasteiger charge is -2.28. The summed E-state index contributed by atoms with van der Waals surface area (Å²) in [6.07, 6.45) is 6.25. The van der Waals surface area contributed by atoms with Crippen LogP contribution in [-0.2, 0) is 0 Å². The molecule has 2 aromatic rings. The molecule has 0 radical (unpaired) electrons. The summed E-state index contributed by atoms with van der Waals surface area (Å²) < 4.78 is 0. The van der Waals surface area contributed by atoms with E-state index in [9.17, 15) is 4.79 Å². The van der Waals surface area contributed by atoms with E-state index in [1.54, 1.807) is 0 Å². The Labute approximate surface area is 151 Å². The van der Waals surface area contributed by atoms with Crippen LogP contribution in [0.25, 0.3) is 0 Å². The van der Waals surface area contributed by atoms with Gasteiger partial charge in [-0.15, -0.1) is 11.3 Å². The maximum absolute atomic E-state index is 12.6. The summed E-state index contributed by atoms with van der Waals surface area (Å²) in [6.45, 7) is 4.89. The molecule has 4 rings (SSSR count). The van der Waals surface area contributed by atoms with Crippen molar-refractivity contribution >= 4 is 22.9 Å². The summed E-state index contributed by atoms with van der Waals surface area (Å²) in [5.74, 6) is 0.242. The van der Waals surface area contributed by atoms with E-state index in [0.29, 0.717) is 0 Å².